The van der Waals surface area contributed by atoms with E-state index < -0.39 is 16.1 Å². The lowest BCUT2D eigenvalue weighted by Crippen LogP contribution is -2.37. The fourth-order valence-electron chi connectivity index (χ4n) is 1.97. The van der Waals surface area contributed by atoms with E-state index in [1.54, 1.807) is 13.0 Å². The second-order valence-corrected chi connectivity index (χ2v) is 7.33. The van der Waals surface area contributed by atoms with E-state index in [9.17, 15) is 13.2 Å². The van der Waals surface area contributed by atoms with Gasteiger partial charge in [-0.15, -0.1) is 0 Å². The summed E-state index contributed by atoms with van der Waals surface area (Å²) >= 11 is 3.25. The van der Waals surface area contributed by atoms with Gasteiger partial charge in [-0.3, -0.25) is 4.79 Å². The van der Waals surface area contributed by atoms with Gasteiger partial charge < -0.3 is 10.1 Å². The number of sulfonamides is 1. The third-order valence-electron chi connectivity index (χ3n) is 3.03. The third kappa shape index (κ3) is 3.38. The van der Waals surface area contributed by atoms with Gasteiger partial charge in [0.1, 0.15) is 4.90 Å². The van der Waals surface area contributed by atoms with Crippen molar-refractivity contribution in [1.82, 2.24) is 4.72 Å². The monoisotopic (exact) mass is 376 g/mol. The van der Waals surface area contributed by atoms with E-state index in [-0.39, 0.29) is 16.6 Å². The molecule has 0 aromatic heterocycles. The van der Waals surface area contributed by atoms with Gasteiger partial charge >= 0.3 is 0 Å². The number of carbonyl (C=O) groups excluding carboxylic acids is 1. The van der Waals surface area contributed by atoms with Crippen LogP contribution < -0.4 is 14.8 Å². The van der Waals surface area contributed by atoms with E-state index >= 15 is 0 Å². The molecule has 21 heavy (non-hydrogen) atoms. The van der Waals surface area contributed by atoms with Crippen LogP contribution in [0.5, 0.6) is 5.75 Å². The molecule has 0 saturated heterocycles. The zero-order valence-electron chi connectivity index (χ0n) is 11.8. The molecule has 6 nitrogen and oxygen atoms in total. The van der Waals surface area contributed by atoms with Crippen molar-refractivity contribution >= 4 is 37.5 Å². The second-order valence-electron chi connectivity index (χ2n) is 4.68. The molecule has 0 spiro atoms. The lowest BCUT2D eigenvalue weighted by atomic mass is 10.2. The number of carbonyl (C=O) groups is 1. The van der Waals surface area contributed by atoms with Gasteiger partial charge in [0.05, 0.1) is 5.69 Å². The molecule has 116 valence electrons. The standard InChI is InChI=1S/C13H17BrN2O4S/c1-3-5-15-21(18,19)11-7-8(14)6-9-12(11)20-10(4-2)13(17)16-9/h6-7,10,15H,3-5H2,1-2H3,(H,16,17). The number of benzene rings is 1. The first-order valence-electron chi connectivity index (χ1n) is 6.69. The van der Waals surface area contributed by atoms with Gasteiger partial charge in [-0.2, -0.15) is 0 Å². The van der Waals surface area contributed by atoms with Crippen LogP contribution in [0.2, 0.25) is 0 Å². The van der Waals surface area contributed by atoms with Crippen molar-refractivity contribution in [3.8, 4) is 5.75 Å². The van der Waals surface area contributed by atoms with Gasteiger partial charge in [-0.05, 0) is 25.0 Å². The Bertz CT molecular complexity index is 660. The average Bonchev–Trinajstić information content (AvgIpc) is 2.43. The van der Waals surface area contributed by atoms with E-state index in [0.29, 0.717) is 29.5 Å². The number of hydrogen-bond acceptors (Lipinski definition) is 4. The van der Waals surface area contributed by atoms with Crippen molar-refractivity contribution in [2.75, 3.05) is 11.9 Å². The maximum Gasteiger partial charge on any atom is 0.265 e. The summed E-state index contributed by atoms with van der Waals surface area (Å²) in [5.74, 6) is -0.0822. The number of amides is 1. The maximum atomic E-state index is 12.4. The lowest BCUT2D eigenvalue weighted by molar-refractivity contribution is -0.123. The Kier molecular flexibility index (Phi) is 4.90. The van der Waals surface area contributed by atoms with Crippen LogP contribution in [0.1, 0.15) is 26.7 Å². The lowest BCUT2D eigenvalue weighted by Gasteiger charge is -2.27. The molecule has 2 rings (SSSR count). The Balaban J connectivity index is 2.51. The van der Waals surface area contributed by atoms with Crippen LogP contribution in [0.3, 0.4) is 0 Å². The molecular formula is C13H17BrN2O4S. The quantitative estimate of drug-likeness (QED) is 0.825. The average molecular weight is 377 g/mol. The first kappa shape index (κ1) is 16.3. The fourth-order valence-corrected chi connectivity index (χ4v) is 3.90. The van der Waals surface area contributed by atoms with Crippen molar-refractivity contribution in [3.05, 3.63) is 16.6 Å². The van der Waals surface area contributed by atoms with Crippen molar-refractivity contribution in [2.45, 2.75) is 37.7 Å². The highest BCUT2D eigenvalue weighted by atomic mass is 79.9. The van der Waals surface area contributed by atoms with Crippen LogP contribution in [0.15, 0.2) is 21.5 Å². The molecule has 0 fully saturated rings. The summed E-state index contributed by atoms with van der Waals surface area (Å²) in [7, 11) is -3.69. The summed E-state index contributed by atoms with van der Waals surface area (Å²) in [4.78, 5) is 11.8. The summed E-state index contributed by atoms with van der Waals surface area (Å²) in [5, 5.41) is 2.68. The van der Waals surface area contributed by atoms with E-state index in [1.165, 1.54) is 6.07 Å². The molecule has 1 unspecified atom stereocenters. The number of nitrogens with one attached hydrogen (secondary N) is 2. The first-order chi connectivity index (χ1) is 9.89. The molecule has 1 aromatic carbocycles. The van der Waals surface area contributed by atoms with Crippen molar-refractivity contribution in [2.24, 2.45) is 0 Å². The largest absolute Gasteiger partial charge is 0.477 e. The molecule has 0 aliphatic carbocycles. The number of halogens is 1. The number of hydrogen-bond donors (Lipinski definition) is 2. The predicted octanol–water partition coefficient (Wildman–Crippen LogP) is 2.25. The topological polar surface area (TPSA) is 84.5 Å². The van der Waals surface area contributed by atoms with Crippen LogP contribution in [-0.4, -0.2) is 27.0 Å². The van der Waals surface area contributed by atoms with Crippen LogP contribution in [-0.2, 0) is 14.8 Å². The van der Waals surface area contributed by atoms with Gasteiger partial charge in [-0.25, -0.2) is 13.1 Å². The number of anilines is 1. The minimum Gasteiger partial charge on any atom is -0.477 e. The summed E-state index contributed by atoms with van der Waals surface area (Å²) in [6, 6.07) is 3.10. The van der Waals surface area contributed by atoms with Crippen molar-refractivity contribution in [3.63, 3.8) is 0 Å². The van der Waals surface area contributed by atoms with Crippen molar-refractivity contribution in [1.29, 1.82) is 0 Å². The SMILES string of the molecule is CCCNS(=O)(=O)c1cc(Br)cc2c1OC(CC)C(=O)N2. The molecule has 0 saturated carbocycles. The van der Waals surface area contributed by atoms with Crippen LogP contribution in [0.25, 0.3) is 0 Å². The van der Waals surface area contributed by atoms with Gasteiger partial charge in [-0.1, -0.05) is 29.8 Å². The molecule has 1 atom stereocenters. The number of rotatable bonds is 5. The highest BCUT2D eigenvalue weighted by molar-refractivity contribution is 9.10. The third-order valence-corrected chi connectivity index (χ3v) is 4.96. The summed E-state index contributed by atoms with van der Waals surface area (Å²) < 4.78 is 33.4. The molecule has 8 heteroatoms. The molecule has 1 heterocycles. The van der Waals surface area contributed by atoms with Crippen LogP contribution in [0, 0.1) is 0 Å². The highest BCUT2D eigenvalue weighted by Crippen LogP contribution is 2.39. The zero-order valence-corrected chi connectivity index (χ0v) is 14.2. The Morgan fingerprint density at radius 1 is 1.38 bits per heavy atom. The molecule has 1 amide bonds. The molecule has 1 aliphatic heterocycles. The van der Waals surface area contributed by atoms with Crippen LogP contribution >= 0.6 is 15.9 Å². The molecule has 1 aliphatic rings. The Labute approximate surface area is 132 Å². The fraction of sp³-hybridized carbons (Fsp3) is 0.462. The molecule has 0 radical (unpaired) electrons. The Hall–Kier alpha value is -1.12. The number of ether oxygens (including phenoxy) is 1. The van der Waals surface area contributed by atoms with Gasteiger partial charge in [0.15, 0.2) is 11.9 Å². The molecule has 2 N–H and O–H groups in total. The molecule has 0 bridgehead atoms. The molecule has 1 aromatic rings. The smallest absolute Gasteiger partial charge is 0.265 e. The Morgan fingerprint density at radius 2 is 2.10 bits per heavy atom. The summed E-state index contributed by atoms with van der Waals surface area (Å²) in [5.41, 5.74) is 0.357. The Morgan fingerprint density at radius 3 is 2.71 bits per heavy atom. The minimum absolute atomic E-state index is 0.0266. The molecular weight excluding hydrogens is 360 g/mol. The zero-order chi connectivity index (χ0) is 15.6. The summed E-state index contributed by atoms with van der Waals surface area (Å²) in [6.07, 6.45) is 0.465. The maximum absolute atomic E-state index is 12.4. The van der Waals surface area contributed by atoms with E-state index in [2.05, 4.69) is 26.0 Å². The minimum atomic E-state index is -3.69. The predicted molar refractivity (Wildman–Crippen MR) is 83.0 cm³/mol. The van der Waals surface area contributed by atoms with Gasteiger partial charge in [0.25, 0.3) is 5.91 Å². The van der Waals surface area contributed by atoms with E-state index in [0.717, 1.165) is 0 Å². The normalized spacial score (nSPS) is 17.9. The second kappa shape index (κ2) is 6.33. The van der Waals surface area contributed by atoms with Crippen LogP contribution in [0.4, 0.5) is 5.69 Å². The number of fused-ring (bicyclic) bond motifs is 1. The van der Waals surface area contributed by atoms with E-state index in [1.807, 2.05) is 6.92 Å². The van der Waals surface area contributed by atoms with E-state index in [4.69, 9.17) is 4.74 Å². The first-order valence-corrected chi connectivity index (χ1v) is 8.97. The van der Waals surface area contributed by atoms with Gasteiger partial charge in [0, 0.05) is 11.0 Å². The highest BCUT2D eigenvalue weighted by Gasteiger charge is 2.32. The van der Waals surface area contributed by atoms with Gasteiger partial charge in [0.2, 0.25) is 10.0 Å². The summed E-state index contributed by atoms with van der Waals surface area (Å²) in [6.45, 7) is 4.02. The van der Waals surface area contributed by atoms with Crippen molar-refractivity contribution < 1.29 is 17.9 Å².